The number of anilines is 2. The Hall–Kier alpha value is -1.24. The van der Waals surface area contributed by atoms with Crippen molar-refractivity contribution < 1.29 is 0 Å². The van der Waals surface area contributed by atoms with Crippen LogP contribution in [0.2, 0.25) is 5.02 Å². The minimum atomic E-state index is 0.220. The lowest BCUT2D eigenvalue weighted by molar-refractivity contribution is 1.18. The van der Waals surface area contributed by atoms with Crippen molar-refractivity contribution in [3.63, 3.8) is 0 Å². The van der Waals surface area contributed by atoms with Crippen LogP contribution in [0.15, 0.2) is 35.1 Å². The van der Waals surface area contributed by atoms with E-state index >= 15 is 0 Å². The Kier molecular flexibility index (Phi) is 4.11. The maximum atomic E-state index is 5.99. The summed E-state index contributed by atoms with van der Waals surface area (Å²) in [5, 5.41) is 3.71. The predicted molar refractivity (Wildman–Crippen MR) is 80.4 cm³/mol. The van der Waals surface area contributed by atoms with Crippen LogP contribution in [-0.4, -0.2) is 15.0 Å². The molecule has 0 atom stereocenters. The van der Waals surface area contributed by atoms with Crippen molar-refractivity contribution in [3.8, 4) is 0 Å². The van der Waals surface area contributed by atoms with Gasteiger partial charge in [-0.1, -0.05) is 29.9 Å². The van der Waals surface area contributed by atoms with Crippen LogP contribution < -0.4 is 11.1 Å². The number of halogens is 2. The lowest BCUT2D eigenvalue weighted by Gasteiger charge is -2.08. The maximum Gasteiger partial charge on any atom is 0.148 e. The van der Waals surface area contributed by atoms with Crippen LogP contribution in [0, 0.1) is 0 Å². The second-order valence-electron chi connectivity index (χ2n) is 3.38. The second-order valence-corrected chi connectivity index (χ2v) is 5.02. The van der Waals surface area contributed by atoms with Crippen molar-refractivity contribution in [2.24, 2.45) is 5.73 Å². The summed E-state index contributed by atoms with van der Waals surface area (Å²) in [6.07, 6.45) is 3.07. The third kappa shape index (κ3) is 2.95. The Morgan fingerprint density at radius 2 is 2.11 bits per heavy atom. The molecule has 4 nitrogen and oxygen atoms in total. The first-order chi connectivity index (χ1) is 8.58. The molecule has 0 saturated carbocycles. The molecule has 2 aromatic rings. The van der Waals surface area contributed by atoms with Gasteiger partial charge in [-0.25, -0.2) is 9.97 Å². The van der Waals surface area contributed by atoms with Gasteiger partial charge < -0.3 is 11.1 Å². The Labute approximate surface area is 123 Å². The number of thiocarbonyl (C=S) groups is 1. The number of hydrogen-bond acceptors (Lipinski definition) is 4. The smallest absolute Gasteiger partial charge is 0.148 e. The molecule has 0 aliphatic carbocycles. The summed E-state index contributed by atoms with van der Waals surface area (Å²) in [6, 6.07) is 5.50. The average molecular weight is 344 g/mol. The maximum absolute atomic E-state index is 5.99. The van der Waals surface area contributed by atoms with Crippen molar-refractivity contribution in [1.29, 1.82) is 0 Å². The summed E-state index contributed by atoms with van der Waals surface area (Å²) in [7, 11) is 0. The zero-order chi connectivity index (χ0) is 13.1. The summed E-state index contributed by atoms with van der Waals surface area (Å²) >= 11 is 14.2. The van der Waals surface area contributed by atoms with Crippen LogP contribution >= 0.6 is 39.7 Å². The van der Waals surface area contributed by atoms with Gasteiger partial charge in [0.1, 0.15) is 16.5 Å². The zero-order valence-electron chi connectivity index (χ0n) is 9.02. The van der Waals surface area contributed by atoms with Crippen LogP contribution in [0.1, 0.15) is 5.69 Å². The van der Waals surface area contributed by atoms with Gasteiger partial charge in [-0.05, 0) is 28.1 Å². The van der Waals surface area contributed by atoms with Gasteiger partial charge in [0, 0.05) is 0 Å². The van der Waals surface area contributed by atoms with Gasteiger partial charge >= 0.3 is 0 Å². The molecule has 0 bridgehead atoms. The zero-order valence-corrected chi connectivity index (χ0v) is 12.2. The van der Waals surface area contributed by atoms with E-state index in [2.05, 4.69) is 31.2 Å². The lowest BCUT2D eigenvalue weighted by atomic mass is 10.3. The molecule has 2 rings (SSSR count). The summed E-state index contributed by atoms with van der Waals surface area (Å²) in [5.41, 5.74) is 6.74. The summed E-state index contributed by atoms with van der Waals surface area (Å²) in [6.45, 7) is 0. The third-order valence-corrected chi connectivity index (χ3v) is 3.73. The van der Waals surface area contributed by atoms with Gasteiger partial charge in [0.2, 0.25) is 0 Å². The normalized spacial score (nSPS) is 10.1. The number of nitrogens with one attached hydrogen (secondary N) is 1. The molecule has 3 N–H and O–H groups in total. The van der Waals surface area contributed by atoms with E-state index in [0.717, 1.165) is 10.2 Å². The monoisotopic (exact) mass is 342 g/mol. The van der Waals surface area contributed by atoms with Crippen molar-refractivity contribution in [3.05, 3.63) is 45.8 Å². The lowest BCUT2D eigenvalue weighted by Crippen LogP contribution is -2.12. The summed E-state index contributed by atoms with van der Waals surface area (Å²) < 4.78 is 0.770. The fourth-order valence-corrected chi connectivity index (χ4v) is 1.90. The summed E-state index contributed by atoms with van der Waals surface area (Å²) in [5.74, 6) is 0.581. The molecular weight excluding hydrogens is 336 g/mol. The molecule has 0 aliphatic rings. The number of rotatable bonds is 3. The van der Waals surface area contributed by atoms with E-state index in [1.807, 2.05) is 12.1 Å². The number of nitrogens with zero attached hydrogens (tertiary/aromatic N) is 2. The van der Waals surface area contributed by atoms with Gasteiger partial charge in [0.15, 0.2) is 0 Å². The van der Waals surface area contributed by atoms with Crippen LogP contribution in [0.25, 0.3) is 0 Å². The minimum absolute atomic E-state index is 0.220. The number of hydrogen-bond donors (Lipinski definition) is 2. The first kappa shape index (κ1) is 13.2. The van der Waals surface area contributed by atoms with Gasteiger partial charge in [-0.15, -0.1) is 0 Å². The van der Waals surface area contributed by atoms with Crippen molar-refractivity contribution in [2.75, 3.05) is 5.32 Å². The molecule has 0 spiro atoms. The third-order valence-electron chi connectivity index (χ3n) is 2.12. The van der Waals surface area contributed by atoms with Crippen LogP contribution in [0.5, 0.6) is 0 Å². The quantitative estimate of drug-likeness (QED) is 0.837. The Morgan fingerprint density at radius 3 is 2.72 bits per heavy atom. The van der Waals surface area contributed by atoms with Crippen LogP contribution in [-0.2, 0) is 0 Å². The standard InChI is InChI=1S/C11H8BrClN4S/c12-10-6(13)2-1-3-7(10)17-9-5-15-8(4-16-9)11(14)18/h1-5H,(H2,14,18)(H,16,17). The van der Waals surface area contributed by atoms with E-state index < -0.39 is 0 Å². The largest absolute Gasteiger partial charge is 0.388 e. The Balaban J connectivity index is 2.24. The molecule has 0 aliphatic heterocycles. The Bertz CT molecular complexity index is 588. The van der Waals surface area contributed by atoms with Gasteiger partial charge in [-0.2, -0.15) is 0 Å². The SMILES string of the molecule is NC(=S)c1cnc(Nc2cccc(Cl)c2Br)cn1. The number of nitrogens with two attached hydrogens (primary N) is 1. The van der Waals surface area contributed by atoms with Gasteiger partial charge in [-0.3, -0.25) is 0 Å². The number of aromatic nitrogens is 2. The van der Waals surface area contributed by atoms with E-state index in [9.17, 15) is 0 Å². The number of benzene rings is 1. The van der Waals surface area contributed by atoms with E-state index in [-0.39, 0.29) is 4.99 Å². The van der Waals surface area contributed by atoms with Crippen LogP contribution in [0.3, 0.4) is 0 Å². The van der Waals surface area contributed by atoms with Gasteiger partial charge in [0.25, 0.3) is 0 Å². The highest BCUT2D eigenvalue weighted by molar-refractivity contribution is 9.10. The molecule has 0 amide bonds. The minimum Gasteiger partial charge on any atom is -0.388 e. The van der Waals surface area contributed by atoms with Crippen molar-refractivity contribution >= 4 is 56.2 Å². The molecule has 1 aromatic carbocycles. The van der Waals surface area contributed by atoms with Gasteiger partial charge in [0.05, 0.1) is 27.6 Å². The van der Waals surface area contributed by atoms with E-state index in [1.165, 1.54) is 6.20 Å². The second kappa shape index (κ2) is 5.60. The molecule has 0 unspecified atom stereocenters. The van der Waals surface area contributed by atoms with E-state index in [1.54, 1.807) is 12.3 Å². The molecule has 0 fully saturated rings. The summed E-state index contributed by atoms with van der Waals surface area (Å²) in [4.78, 5) is 8.47. The highest BCUT2D eigenvalue weighted by atomic mass is 79.9. The molecule has 1 aromatic heterocycles. The molecule has 18 heavy (non-hydrogen) atoms. The topological polar surface area (TPSA) is 63.8 Å². The molecule has 1 heterocycles. The van der Waals surface area contributed by atoms with Crippen molar-refractivity contribution in [2.45, 2.75) is 0 Å². The predicted octanol–water partition coefficient (Wildman–Crippen LogP) is 3.27. The molecule has 0 saturated heterocycles. The highest BCUT2D eigenvalue weighted by Gasteiger charge is 2.05. The van der Waals surface area contributed by atoms with Crippen LogP contribution in [0.4, 0.5) is 11.5 Å². The van der Waals surface area contributed by atoms with E-state index in [0.29, 0.717) is 16.5 Å². The average Bonchev–Trinajstić information content (AvgIpc) is 2.36. The van der Waals surface area contributed by atoms with E-state index in [4.69, 9.17) is 29.6 Å². The Morgan fingerprint density at radius 1 is 1.33 bits per heavy atom. The first-order valence-electron chi connectivity index (χ1n) is 4.91. The molecule has 0 radical (unpaired) electrons. The highest BCUT2D eigenvalue weighted by Crippen LogP contribution is 2.31. The fraction of sp³-hybridized carbons (Fsp3) is 0. The van der Waals surface area contributed by atoms with Crippen molar-refractivity contribution in [1.82, 2.24) is 9.97 Å². The first-order valence-corrected chi connectivity index (χ1v) is 6.48. The fourth-order valence-electron chi connectivity index (χ4n) is 1.26. The molecular formula is C11H8BrClN4S. The molecule has 7 heteroatoms. The molecule has 92 valence electrons.